The van der Waals surface area contributed by atoms with Gasteiger partial charge in [0.2, 0.25) is 16.5 Å². The van der Waals surface area contributed by atoms with Crippen LogP contribution in [0.15, 0.2) is 0 Å². The van der Waals surface area contributed by atoms with Crippen LogP contribution >= 0.6 is 23.2 Å². The fourth-order valence-corrected chi connectivity index (χ4v) is 1.33. The SMILES string of the molecule is CC(C)(C)C(C)(C)CNc1nc(Cl)nc(Cl)n1. The van der Waals surface area contributed by atoms with Crippen molar-refractivity contribution in [3.8, 4) is 0 Å². The largest absolute Gasteiger partial charge is 0.353 e. The maximum Gasteiger partial charge on any atom is 0.228 e. The van der Waals surface area contributed by atoms with Crippen LogP contribution in [0, 0.1) is 10.8 Å². The minimum Gasteiger partial charge on any atom is -0.353 e. The first-order valence-electron chi connectivity index (χ1n) is 5.43. The minimum absolute atomic E-state index is 0.0819. The summed E-state index contributed by atoms with van der Waals surface area (Å²) in [6.07, 6.45) is 0. The molecule has 0 bridgehead atoms. The Bertz CT molecular complexity index is 379. The molecule has 0 aliphatic heterocycles. The van der Waals surface area contributed by atoms with Gasteiger partial charge < -0.3 is 5.32 Å². The third-order valence-corrected chi connectivity index (χ3v) is 3.64. The lowest BCUT2D eigenvalue weighted by Gasteiger charge is -2.38. The van der Waals surface area contributed by atoms with Crippen LogP contribution in [0.1, 0.15) is 34.6 Å². The van der Waals surface area contributed by atoms with Gasteiger partial charge in [0.25, 0.3) is 0 Å². The summed E-state index contributed by atoms with van der Waals surface area (Å²) >= 11 is 11.4. The summed E-state index contributed by atoms with van der Waals surface area (Å²) in [5, 5.41) is 3.34. The number of aromatic nitrogens is 3. The van der Waals surface area contributed by atoms with Gasteiger partial charge >= 0.3 is 0 Å². The second kappa shape index (κ2) is 4.94. The van der Waals surface area contributed by atoms with Gasteiger partial charge in [-0.3, -0.25) is 0 Å². The van der Waals surface area contributed by atoms with E-state index < -0.39 is 0 Å². The van der Waals surface area contributed by atoms with Gasteiger partial charge in [0.15, 0.2) is 0 Å². The number of halogens is 2. The molecular formula is C11H18Cl2N4. The zero-order valence-electron chi connectivity index (χ0n) is 10.8. The van der Waals surface area contributed by atoms with Crippen LogP contribution in [0.3, 0.4) is 0 Å². The normalized spacial score (nSPS) is 12.6. The molecule has 4 nitrogen and oxygen atoms in total. The van der Waals surface area contributed by atoms with E-state index in [9.17, 15) is 0 Å². The summed E-state index contributed by atoms with van der Waals surface area (Å²) in [6, 6.07) is 0. The lowest BCUT2D eigenvalue weighted by atomic mass is 9.69. The van der Waals surface area contributed by atoms with E-state index in [0.717, 1.165) is 6.54 Å². The predicted octanol–water partition coefficient (Wildman–Crippen LogP) is 3.66. The summed E-state index contributed by atoms with van der Waals surface area (Å²) in [6.45, 7) is 11.7. The van der Waals surface area contributed by atoms with Crippen molar-refractivity contribution < 1.29 is 0 Å². The second-order valence-corrected chi connectivity index (χ2v) is 6.36. The van der Waals surface area contributed by atoms with E-state index >= 15 is 0 Å². The van der Waals surface area contributed by atoms with Crippen molar-refractivity contribution in [2.24, 2.45) is 10.8 Å². The van der Waals surface area contributed by atoms with Crippen molar-refractivity contribution >= 4 is 29.2 Å². The van der Waals surface area contributed by atoms with Crippen molar-refractivity contribution in [1.29, 1.82) is 0 Å². The van der Waals surface area contributed by atoms with Gasteiger partial charge in [0, 0.05) is 6.54 Å². The Labute approximate surface area is 112 Å². The van der Waals surface area contributed by atoms with Crippen LogP contribution in [-0.2, 0) is 0 Å². The molecule has 1 rings (SSSR count). The summed E-state index contributed by atoms with van der Waals surface area (Å²) in [4.78, 5) is 11.6. The van der Waals surface area contributed by atoms with Gasteiger partial charge in [-0.1, -0.05) is 34.6 Å². The molecule has 0 spiro atoms. The molecule has 0 aromatic carbocycles. The molecule has 1 heterocycles. The highest BCUT2D eigenvalue weighted by atomic mass is 35.5. The van der Waals surface area contributed by atoms with E-state index in [1.165, 1.54) is 0 Å². The van der Waals surface area contributed by atoms with Gasteiger partial charge in [-0.05, 0) is 34.0 Å². The first-order chi connectivity index (χ1) is 7.62. The Morgan fingerprint density at radius 1 is 0.941 bits per heavy atom. The quantitative estimate of drug-likeness (QED) is 0.916. The molecule has 0 fully saturated rings. The van der Waals surface area contributed by atoms with Crippen molar-refractivity contribution in [2.45, 2.75) is 34.6 Å². The Morgan fingerprint density at radius 3 is 1.82 bits per heavy atom. The highest BCUT2D eigenvalue weighted by Crippen LogP contribution is 2.37. The van der Waals surface area contributed by atoms with Crippen LogP contribution in [0.2, 0.25) is 10.6 Å². The topological polar surface area (TPSA) is 50.7 Å². The molecule has 0 saturated carbocycles. The number of anilines is 1. The molecular weight excluding hydrogens is 259 g/mol. The Kier molecular flexibility index (Phi) is 4.20. The first-order valence-corrected chi connectivity index (χ1v) is 6.18. The van der Waals surface area contributed by atoms with Crippen LogP contribution in [-0.4, -0.2) is 21.5 Å². The Morgan fingerprint density at radius 2 is 1.41 bits per heavy atom. The summed E-state index contributed by atoms with van der Waals surface area (Å²) in [5.41, 5.74) is 0.249. The van der Waals surface area contributed by atoms with Gasteiger partial charge in [0.1, 0.15) is 0 Å². The van der Waals surface area contributed by atoms with Crippen LogP contribution in [0.4, 0.5) is 5.95 Å². The molecule has 0 atom stereocenters. The zero-order valence-corrected chi connectivity index (χ0v) is 12.3. The summed E-state index contributed by atoms with van der Waals surface area (Å²) in [7, 11) is 0. The predicted molar refractivity (Wildman–Crippen MR) is 71.6 cm³/mol. The molecule has 6 heteroatoms. The second-order valence-electron chi connectivity index (χ2n) is 5.68. The minimum atomic E-state index is 0.0819. The smallest absolute Gasteiger partial charge is 0.228 e. The van der Waals surface area contributed by atoms with E-state index in [4.69, 9.17) is 23.2 Å². The van der Waals surface area contributed by atoms with Crippen LogP contribution in [0.5, 0.6) is 0 Å². The van der Waals surface area contributed by atoms with E-state index in [1.807, 2.05) is 0 Å². The maximum absolute atomic E-state index is 5.70. The summed E-state index contributed by atoms with van der Waals surface area (Å²) in [5.74, 6) is 0.410. The molecule has 1 N–H and O–H groups in total. The Hall–Kier alpha value is -0.610. The number of rotatable bonds is 3. The third-order valence-electron chi connectivity index (χ3n) is 3.30. The average molecular weight is 277 g/mol. The van der Waals surface area contributed by atoms with Crippen molar-refractivity contribution in [2.75, 3.05) is 11.9 Å². The summed E-state index contributed by atoms with van der Waals surface area (Å²) < 4.78 is 0. The zero-order chi connectivity index (χ0) is 13.3. The number of nitrogens with zero attached hydrogens (tertiary/aromatic N) is 3. The lowest BCUT2D eigenvalue weighted by Crippen LogP contribution is -2.36. The fourth-order valence-electron chi connectivity index (χ4n) is 0.970. The van der Waals surface area contributed by atoms with E-state index in [-0.39, 0.29) is 21.4 Å². The molecule has 0 saturated heterocycles. The van der Waals surface area contributed by atoms with Gasteiger partial charge in [-0.15, -0.1) is 0 Å². The maximum atomic E-state index is 5.70. The molecule has 0 aliphatic rings. The molecule has 17 heavy (non-hydrogen) atoms. The van der Waals surface area contributed by atoms with Gasteiger partial charge in [-0.25, -0.2) is 0 Å². The van der Waals surface area contributed by atoms with E-state index in [1.54, 1.807) is 0 Å². The average Bonchev–Trinajstić information content (AvgIpc) is 2.11. The van der Waals surface area contributed by atoms with Crippen molar-refractivity contribution in [3.05, 3.63) is 10.6 Å². The monoisotopic (exact) mass is 276 g/mol. The molecule has 96 valence electrons. The van der Waals surface area contributed by atoms with Gasteiger partial charge in [-0.2, -0.15) is 15.0 Å². The number of nitrogens with one attached hydrogen (secondary N) is 1. The third kappa shape index (κ3) is 3.96. The molecule has 0 unspecified atom stereocenters. The van der Waals surface area contributed by atoms with E-state index in [0.29, 0.717) is 5.95 Å². The number of hydrogen-bond acceptors (Lipinski definition) is 4. The van der Waals surface area contributed by atoms with Crippen LogP contribution in [0.25, 0.3) is 0 Å². The molecule has 0 radical (unpaired) electrons. The van der Waals surface area contributed by atoms with Crippen molar-refractivity contribution in [3.63, 3.8) is 0 Å². The highest BCUT2D eigenvalue weighted by molar-refractivity contribution is 6.31. The number of hydrogen-bond donors (Lipinski definition) is 1. The molecule has 1 aromatic rings. The molecule has 1 aromatic heterocycles. The first kappa shape index (κ1) is 14.5. The standard InChI is InChI=1S/C11H18Cl2N4/c1-10(2,3)11(4,5)6-14-9-16-7(12)15-8(13)17-9/h6H2,1-5H3,(H,14,15,16,17). The Balaban J connectivity index is 2.74. The van der Waals surface area contributed by atoms with E-state index in [2.05, 4.69) is 54.9 Å². The van der Waals surface area contributed by atoms with Crippen LogP contribution < -0.4 is 5.32 Å². The van der Waals surface area contributed by atoms with Crippen molar-refractivity contribution in [1.82, 2.24) is 15.0 Å². The lowest BCUT2D eigenvalue weighted by molar-refractivity contribution is 0.148. The molecule has 0 amide bonds. The highest BCUT2D eigenvalue weighted by Gasteiger charge is 2.32. The van der Waals surface area contributed by atoms with Gasteiger partial charge in [0.05, 0.1) is 0 Å². The molecule has 0 aliphatic carbocycles. The fraction of sp³-hybridized carbons (Fsp3) is 0.727.